The Balaban J connectivity index is 1.54. The number of benzene rings is 3. The summed E-state index contributed by atoms with van der Waals surface area (Å²) in [5.41, 5.74) is 2.50. The van der Waals surface area contributed by atoms with E-state index >= 15 is 0 Å². The number of carbonyl (C=O) groups is 2. The fraction of sp³-hybridized carbons (Fsp3) is 0. The normalized spacial score (nSPS) is 10.2. The van der Waals surface area contributed by atoms with E-state index in [1.54, 1.807) is 48.5 Å². The maximum atomic E-state index is 12.7. The van der Waals surface area contributed by atoms with Gasteiger partial charge < -0.3 is 10.6 Å². The molecule has 0 spiro atoms. The molecule has 0 bridgehead atoms. The summed E-state index contributed by atoms with van der Waals surface area (Å²) >= 11 is 6.52. The number of hydrogen-bond acceptors (Lipinski definition) is 5. The first kappa shape index (κ1) is 21.4. The number of nitrogens with zero attached hydrogens (tertiary/aromatic N) is 1. The maximum absolute atomic E-state index is 12.7. The second-order valence-corrected chi connectivity index (χ2v) is 8.06. The predicted molar refractivity (Wildman–Crippen MR) is 132 cm³/mol. The third-order valence-electron chi connectivity index (χ3n) is 4.42. The number of hydrogen-bond donors (Lipinski definition) is 3. The zero-order valence-corrected chi connectivity index (χ0v) is 18.4. The lowest BCUT2D eigenvalue weighted by Gasteiger charge is -2.06. The summed E-state index contributed by atoms with van der Waals surface area (Å²) in [6.45, 7) is 0. The molecule has 4 aromatic rings. The smallest absolute Gasteiger partial charge is 0.257 e. The monoisotopic (exact) mass is 458 g/mol. The maximum Gasteiger partial charge on any atom is 0.257 e. The number of carbonyl (C=O) groups excluding carboxylic acids is 2. The second-order valence-electron chi connectivity index (χ2n) is 6.66. The fourth-order valence-electron chi connectivity index (χ4n) is 2.91. The average Bonchev–Trinajstić information content (AvgIpc) is 3.22. The van der Waals surface area contributed by atoms with Crippen LogP contribution in [0.3, 0.4) is 0 Å². The van der Waals surface area contributed by atoms with Crippen molar-refractivity contribution in [3.63, 3.8) is 0 Å². The van der Waals surface area contributed by atoms with Crippen molar-refractivity contribution in [1.29, 1.82) is 0 Å². The highest BCUT2D eigenvalue weighted by atomic mass is 32.1. The van der Waals surface area contributed by atoms with Crippen molar-refractivity contribution in [3.05, 3.63) is 102 Å². The second kappa shape index (κ2) is 9.95. The van der Waals surface area contributed by atoms with Gasteiger partial charge >= 0.3 is 0 Å². The minimum atomic E-state index is -0.319. The molecular weight excluding hydrogens is 440 g/mol. The van der Waals surface area contributed by atoms with Crippen LogP contribution in [-0.2, 0) is 0 Å². The van der Waals surface area contributed by atoms with E-state index < -0.39 is 0 Å². The molecule has 8 heteroatoms. The van der Waals surface area contributed by atoms with Gasteiger partial charge in [-0.1, -0.05) is 78.1 Å². The van der Waals surface area contributed by atoms with Gasteiger partial charge in [-0.3, -0.25) is 14.9 Å². The SMILES string of the molecule is O=C(NC(=S)Nc1nc(-c2ccccc2)c(NC(=O)c2ccccc2)s1)c1ccccc1. The lowest BCUT2D eigenvalue weighted by molar-refractivity contribution is 0.0976. The highest BCUT2D eigenvalue weighted by molar-refractivity contribution is 7.80. The van der Waals surface area contributed by atoms with Crippen molar-refractivity contribution >= 4 is 50.6 Å². The summed E-state index contributed by atoms with van der Waals surface area (Å²) < 4.78 is 0. The summed E-state index contributed by atoms with van der Waals surface area (Å²) in [7, 11) is 0. The third-order valence-corrected chi connectivity index (χ3v) is 5.51. The molecule has 0 radical (unpaired) electrons. The summed E-state index contributed by atoms with van der Waals surface area (Å²) in [6.07, 6.45) is 0. The minimum Gasteiger partial charge on any atom is -0.312 e. The third kappa shape index (κ3) is 5.23. The van der Waals surface area contributed by atoms with Crippen molar-refractivity contribution in [2.45, 2.75) is 0 Å². The first-order valence-electron chi connectivity index (χ1n) is 9.70. The van der Waals surface area contributed by atoms with E-state index in [-0.39, 0.29) is 16.9 Å². The molecule has 32 heavy (non-hydrogen) atoms. The van der Waals surface area contributed by atoms with E-state index in [1.165, 1.54) is 11.3 Å². The largest absolute Gasteiger partial charge is 0.312 e. The van der Waals surface area contributed by atoms with Crippen LogP contribution in [0.1, 0.15) is 20.7 Å². The molecule has 0 saturated heterocycles. The lowest BCUT2D eigenvalue weighted by atomic mass is 10.1. The van der Waals surface area contributed by atoms with Crippen LogP contribution in [-0.4, -0.2) is 21.9 Å². The Kier molecular flexibility index (Phi) is 6.64. The number of nitrogens with one attached hydrogen (secondary N) is 3. The summed E-state index contributed by atoms with van der Waals surface area (Å²) in [6, 6.07) is 27.3. The molecule has 0 unspecified atom stereocenters. The molecule has 0 fully saturated rings. The van der Waals surface area contributed by atoms with Gasteiger partial charge in [0.2, 0.25) is 0 Å². The topological polar surface area (TPSA) is 83.1 Å². The average molecular weight is 459 g/mol. The Morgan fingerprint density at radius 3 is 1.84 bits per heavy atom. The molecule has 3 aromatic carbocycles. The fourth-order valence-corrected chi connectivity index (χ4v) is 4.05. The van der Waals surface area contributed by atoms with Gasteiger partial charge in [-0.15, -0.1) is 0 Å². The van der Waals surface area contributed by atoms with Crippen molar-refractivity contribution in [2.75, 3.05) is 10.6 Å². The van der Waals surface area contributed by atoms with Crippen molar-refractivity contribution in [1.82, 2.24) is 10.3 Å². The molecule has 0 saturated carbocycles. The molecule has 2 amide bonds. The molecule has 0 aliphatic heterocycles. The first-order chi connectivity index (χ1) is 15.6. The van der Waals surface area contributed by atoms with Gasteiger partial charge in [0.05, 0.1) is 0 Å². The molecule has 158 valence electrons. The number of aromatic nitrogens is 1. The molecule has 1 aromatic heterocycles. The summed E-state index contributed by atoms with van der Waals surface area (Å²) in [5, 5.41) is 9.66. The van der Waals surface area contributed by atoms with Crippen molar-refractivity contribution in [3.8, 4) is 11.3 Å². The molecule has 6 nitrogen and oxygen atoms in total. The van der Waals surface area contributed by atoms with E-state index in [0.717, 1.165) is 5.56 Å². The van der Waals surface area contributed by atoms with Crippen LogP contribution in [0.25, 0.3) is 11.3 Å². The number of anilines is 2. The van der Waals surface area contributed by atoms with Crippen LogP contribution in [0, 0.1) is 0 Å². The van der Waals surface area contributed by atoms with Crippen LogP contribution >= 0.6 is 23.6 Å². The Hall–Kier alpha value is -3.88. The summed E-state index contributed by atoms with van der Waals surface area (Å²) in [4.78, 5) is 29.6. The Morgan fingerprint density at radius 2 is 1.25 bits per heavy atom. The molecule has 0 aliphatic carbocycles. The zero-order chi connectivity index (χ0) is 22.3. The van der Waals surface area contributed by atoms with Crippen molar-refractivity contribution in [2.24, 2.45) is 0 Å². The van der Waals surface area contributed by atoms with Gasteiger partial charge in [0.15, 0.2) is 10.2 Å². The van der Waals surface area contributed by atoms with Gasteiger partial charge in [0, 0.05) is 16.7 Å². The number of amides is 2. The highest BCUT2D eigenvalue weighted by Crippen LogP contribution is 2.36. The Labute approximate surface area is 194 Å². The van der Waals surface area contributed by atoms with Gasteiger partial charge in [-0.25, -0.2) is 4.98 Å². The van der Waals surface area contributed by atoms with Crippen molar-refractivity contribution < 1.29 is 9.59 Å². The minimum absolute atomic E-state index is 0.119. The lowest BCUT2D eigenvalue weighted by Crippen LogP contribution is -2.34. The van der Waals surface area contributed by atoms with Gasteiger partial charge in [-0.05, 0) is 36.5 Å². The Morgan fingerprint density at radius 1 is 0.719 bits per heavy atom. The van der Waals surface area contributed by atoms with E-state index in [4.69, 9.17) is 12.2 Å². The van der Waals surface area contributed by atoms with Crippen LogP contribution in [0.4, 0.5) is 10.1 Å². The van der Waals surface area contributed by atoms with Crippen LogP contribution < -0.4 is 16.0 Å². The summed E-state index contributed by atoms with van der Waals surface area (Å²) in [5.74, 6) is -0.557. The first-order valence-corrected chi connectivity index (χ1v) is 10.9. The highest BCUT2D eigenvalue weighted by Gasteiger charge is 2.17. The van der Waals surface area contributed by atoms with Crippen LogP contribution in [0.15, 0.2) is 91.0 Å². The van der Waals surface area contributed by atoms with Gasteiger partial charge in [-0.2, -0.15) is 0 Å². The molecule has 4 rings (SSSR count). The van der Waals surface area contributed by atoms with Crippen LogP contribution in [0.2, 0.25) is 0 Å². The van der Waals surface area contributed by atoms with Gasteiger partial charge in [0.1, 0.15) is 10.7 Å². The van der Waals surface area contributed by atoms with Crippen LogP contribution in [0.5, 0.6) is 0 Å². The molecule has 1 heterocycles. The number of thiazole rings is 1. The number of thiocarbonyl (C=S) groups is 1. The van der Waals surface area contributed by atoms with E-state index in [0.29, 0.717) is 27.0 Å². The molecular formula is C24H18N4O2S2. The predicted octanol–water partition coefficient (Wildman–Crippen LogP) is 5.19. The molecule has 0 aliphatic rings. The molecule has 0 atom stereocenters. The standard InChI is InChI=1S/C24H18N4O2S2/c29-20(17-12-6-2-7-13-17)26-22-19(16-10-4-1-5-11-16)25-24(32-22)28-23(31)27-21(30)18-14-8-3-9-15-18/h1-15H,(H,26,29)(H2,25,27,28,30,31). The number of rotatable bonds is 5. The van der Waals surface area contributed by atoms with E-state index in [2.05, 4.69) is 20.9 Å². The zero-order valence-electron chi connectivity index (χ0n) is 16.7. The molecule has 3 N–H and O–H groups in total. The van der Waals surface area contributed by atoms with E-state index in [1.807, 2.05) is 42.5 Å². The van der Waals surface area contributed by atoms with E-state index in [9.17, 15) is 9.59 Å². The Bertz CT molecular complexity index is 1240. The van der Waals surface area contributed by atoms with Gasteiger partial charge in [0.25, 0.3) is 11.8 Å². The quantitative estimate of drug-likeness (QED) is 0.359.